The fraction of sp³-hybridized carbons (Fsp3) is 0. The minimum Gasteiger partial charge on any atom is -0.476 e. The van der Waals surface area contributed by atoms with Crippen molar-refractivity contribution in [2.24, 2.45) is 0 Å². The van der Waals surface area contributed by atoms with Crippen LogP contribution in [0.2, 0.25) is 0 Å². The SMILES string of the molecule is O=C(O)c1cc2ncc(I)cn2n1. The van der Waals surface area contributed by atoms with Crippen LogP contribution in [-0.4, -0.2) is 25.7 Å². The van der Waals surface area contributed by atoms with E-state index in [2.05, 4.69) is 32.7 Å². The standard InChI is InChI=1S/C7H4IN3O2/c8-4-2-9-6-1-5(7(12)13)10-11(6)3-4/h1-3H,(H,12,13). The van der Waals surface area contributed by atoms with Crippen molar-refractivity contribution in [1.29, 1.82) is 0 Å². The normalized spacial score (nSPS) is 10.5. The predicted molar refractivity (Wildman–Crippen MR) is 52.7 cm³/mol. The molecule has 0 aliphatic heterocycles. The highest BCUT2D eigenvalue weighted by Crippen LogP contribution is 2.06. The molecule has 0 amide bonds. The van der Waals surface area contributed by atoms with Gasteiger partial charge in [0.25, 0.3) is 0 Å². The summed E-state index contributed by atoms with van der Waals surface area (Å²) in [5.41, 5.74) is 0.548. The fourth-order valence-corrected chi connectivity index (χ4v) is 1.36. The highest BCUT2D eigenvalue weighted by atomic mass is 127. The summed E-state index contributed by atoms with van der Waals surface area (Å²) < 4.78 is 2.36. The van der Waals surface area contributed by atoms with Gasteiger partial charge in [-0.2, -0.15) is 5.10 Å². The molecule has 1 N–H and O–H groups in total. The number of carboxylic acid groups (broad SMARTS) is 1. The molecule has 0 spiro atoms. The molecule has 2 aromatic heterocycles. The lowest BCUT2D eigenvalue weighted by molar-refractivity contribution is 0.0690. The molecule has 0 saturated carbocycles. The Bertz CT molecular complexity index is 480. The van der Waals surface area contributed by atoms with Gasteiger partial charge in [0.15, 0.2) is 11.3 Å². The van der Waals surface area contributed by atoms with Gasteiger partial charge in [-0.15, -0.1) is 0 Å². The molecule has 2 heterocycles. The third-order valence-corrected chi connectivity index (χ3v) is 2.06. The lowest BCUT2D eigenvalue weighted by Gasteiger charge is -1.90. The molecule has 0 saturated heterocycles. The number of nitrogens with zero attached hydrogens (tertiary/aromatic N) is 3. The number of halogens is 1. The van der Waals surface area contributed by atoms with Crippen molar-refractivity contribution in [2.45, 2.75) is 0 Å². The Morgan fingerprint density at radius 2 is 2.38 bits per heavy atom. The zero-order valence-corrected chi connectivity index (χ0v) is 8.46. The summed E-state index contributed by atoms with van der Waals surface area (Å²) in [7, 11) is 0. The Balaban J connectivity index is 2.68. The second-order valence-electron chi connectivity index (χ2n) is 2.41. The number of hydrogen-bond acceptors (Lipinski definition) is 3. The summed E-state index contributed by atoms with van der Waals surface area (Å²) in [5, 5.41) is 12.5. The zero-order valence-electron chi connectivity index (χ0n) is 6.31. The van der Waals surface area contributed by atoms with E-state index in [9.17, 15) is 4.79 Å². The van der Waals surface area contributed by atoms with Gasteiger partial charge in [0, 0.05) is 22.0 Å². The first-order valence-electron chi connectivity index (χ1n) is 3.41. The smallest absolute Gasteiger partial charge is 0.356 e. The van der Waals surface area contributed by atoms with E-state index in [0.29, 0.717) is 5.65 Å². The van der Waals surface area contributed by atoms with Crippen molar-refractivity contribution in [3.8, 4) is 0 Å². The molecular formula is C7H4IN3O2. The Morgan fingerprint density at radius 3 is 3.08 bits per heavy atom. The first kappa shape index (κ1) is 8.42. The lowest BCUT2D eigenvalue weighted by atomic mass is 10.4. The number of carbonyl (C=O) groups is 1. The molecule has 0 radical (unpaired) electrons. The minimum atomic E-state index is -1.04. The van der Waals surface area contributed by atoms with E-state index in [1.165, 1.54) is 10.6 Å². The van der Waals surface area contributed by atoms with Crippen LogP contribution >= 0.6 is 22.6 Å². The summed E-state index contributed by atoms with van der Waals surface area (Å²) in [6.45, 7) is 0. The van der Waals surface area contributed by atoms with E-state index in [4.69, 9.17) is 5.11 Å². The molecule has 0 aromatic carbocycles. The van der Waals surface area contributed by atoms with Gasteiger partial charge in [0.1, 0.15) is 0 Å². The van der Waals surface area contributed by atoms with Crippen molar-refractivity contribution >= 4 is 34.2 Å². The van der Waals surface area contributed by atoms with E-state index in [-0.39, 0.29) is 5.69 Å². The van der Waals surface area contributed by atoms with Crippen LogP contribution in [-0.2, 0) is 0 Å². The van der Waals surface area contributed by atoms with Crippen molar-refractivity contribution in [3.63, 3.8) is 0 Å². The summed E-state index contributed by atoms with van der Waals surface area (Å²) in [6, 6.07) is 1.43. The van der Waals surface area contributed by atoms with Gasteiger partial charge in [0.2, 0.25) is 0 Å². The second-order valence-corrected chi connectivity index (χ2v) is 3.66. The Kier molecular flexibility index (Phi) is 1.91. The summed E-state index contributed by atoms with van der Waals surface area (Å²) in [6.07, 6.45) is 3.37. The molecule has 2 rings (SSSR count). The van der Waals surface area contributed by atoms with Crippen LogP contribution in [0.4, 0.5) is 0 Å². The van der Waals surface area contributed by atoms with Crippen molar-refractivity contribution in [2.75, 3.05) is 0 Å². The van der Waals surface area contributed by atoms with Crippen LogP contribution < -0.4 is 0 Å². The summed E-state index contributed by atoms with van der Waals surface area (Å²) in [5.74, 6) is -1.04. The second kappa shape index (κ2) is 2.95. The van der Waals surface area contributed by atoms with Gasteiger partial charge >= 0.3 is 5.97 Å². The van der Waals surface area contributed by atoms with Crippen molar-refractivity contribution < 1.29 is 9.90 Å². The van der Waals surface area contributed by atoms with E-state index in [1.807, 2.05) is 0 Å². The zero-order chi connectivity index (χ0) is 9.42. The average molecular weight is 289 g/mol. The molecule has 2 aromatic rings. The van der Waals surface area contributed by atoms with Gasteiger partial charge in [-0.25, -0.2) is 14.3 Å². The van der Waals surface area contributed by atoms with E-state index >= 15 is 0 Å². The molecule has 0 bridgehead atoms. The first-order valence-corrected chi connectivity index (χ1v) is 4.49. The number of rotatable bonds is 1. The Labute approximate surface area is 86.5 Å². The maximum absolute atomic E-state index is 10.6. The molecule has 13 heavy (non-hydrogen) atoms. The summed E-state index contributed by atoms with van der Waals surface area (Å²) in [4.78, 5) is 14.6. The molecular weight excluding hydrogens is 285 g/mol. The lowest BCUT2D eigenvalue weighted by Crippen LogP contribution is -1.97. The number of aromatic nitrogens is 3. The fourth-order valence-electron chi connectivity index (χ4n) is 0.958. The molecule has 0 atom stereocenters. The number of aromatic carboxylic acids is 1. The third kappa shape index (κ3) is 1.48. The van der Waals surface area contributed by atoms with Gasteiger partial charge in [-0.3, -0.25) is 0 Å². The Morgan fingerprint density at radius 1 is 1.62 bits per heavy atom. The molecule has 6 heteroatoms. The van der Waals surface area contributed by atoms with Crippen LogP contribution in [0.1, 0.15) is 10.5 Å². The van der Waals surface area contributed by atoms with Gasteiger partial charge in [-0.1, -0.05) is 0 Å². The number of fused-ring (bicyclic) bond motifs is 1. The van der Waals surface area contributed by atoms with Crippen LogP contribution in [0.5, 0.6) is 0 Å². The molecule has 0 aliphatic carbocycles. The maximum Gasteiger partial charge on any atom is 0.356 e. The van der Waals surface area contributed by atoms with Crippen molar-refractivity contribution in [1.82, 2.24) is 14.6 Å². The van der Waals surface area contributed by atoms with Crippen LogP contribution in [0.25, 0.3) is 5.65 Å². The van der Waals surface area contributed by atoms with Crippen LogP contribution in [0, 0.1) is 3.57 Å². The molecule has 0 fully saturated rings. The number of hydrogen-bond donors (Lipinski definition) is 1. The third-order valence-electron chi connectivity index (χ3n) is 1.50. The topological polar surface area (TPSA) is 67.5 Å². The van der Waals surface area contributed by atoms with Gasteiger partial charge < -0.3 is 5.11 Å². The quantitative estimate of drug-likeness (QED) is 0.796. The highest BCUT2D eigenvalue weighted by Gasteiger charge is 2.08. The van der Waals surface area contributed by atoms with Gasteiger partial charge in [0.05, 0.1) is 0 Å². The van der Waals surface area contributed by atoms with Crippen LogP contribution in [0.15, 0.2) is 18.5 Å². The van der Waals surface area contributed by atoms with Crippen LogP contribution in [0.3, 0.4) is 0 Å². The summed E-state index contributed by atoms with van der Waals surface area (Å²) >= 11 is 2.08. The predicted octanol–water partition coefficient (Wildman–Crippen LogP) is 1.03. The molecule has 5 nitrogen and oxygen atoms in total. The Hall–Kier alpha value is -1.18. The van der Waals surface area contributed by atoms with Crippen molar-refractivity contribution in [3.05, 3.63) is 27.7 Å². The average Bonchev–Trinajstić information content (AvgIpc) is 2.46. The maximum atomic E-state index is 10.6. The van der Waals surface area contributed by atoms with E-state index in [1.54, 1.807) is 12.4 Å². The molecule has 0 unspecified atom stereocenters. The monoisotopic (exact) mass is 289 g/mol. The van der Waals surface area contributed by atoms with Gasteiger partial charge in [-0.05, 0) is 22.6 Å². The largest absolute Gasteiger partial charge is 0.476 e. The molecule has 0 aliphatic rings. The minimum absolute atomic E-state index is 0.00880. The highest BCUT2D eigenvalue weighted by molar-refractivity contribution is 14.1. The van der Waals surface area contributed by atoms with E-state index < -0.39 is 5.97 Å². The van der Waals surface area contributed by atoms with E-state index in [0.717, 1.165) is 3.57 Å². The number of carboxylic acids is 1. The first-order chi connectivity index (χ1) is 6.16. The molecule has 66 valence electrons.